The van der Waals surface area contributed by atoms with Crippen molar-refractivity contribution in [3.63, 3.8) is 0 Å². The molecule has 1 aromatic heterocycles. The van der Waals surface area contributed by atoms with Crippen molar-refractivity contribution in [1.29, 1.82) is 0 Å². The lowest BCUT2D eigenvalue weighted by atomic mass is 9.79. The monoisotopic (exact) mass is 274 g/mol. The van der Waals surface area contributed by atoms with Gasteiger partial charge in [-0.3, -0.25) is 4.79 Å². The van der Waals surface area contributed by atoms with Crippen molar-refractivity contribution in [1.82, 2.24) is 10.3 Å². The van der Waals surface area contributed by atoms with Crippen LogP contribution in [0.4, 0.5) is 5.82 Å². The van der Waals surface area contributed by atoms with Crippen LogP contribution >= 0.6 is 0 Å². The molecule has 0 atom stereocenters. The summed E-state index contributed by atoms with van der Waals surface area (Å²) in [5.74, 6) is 0.551. The number of nitrogens with zero attached hydrogens (tertiary/aromatic N) is 2. The molecule has 0 radical (unpaired) electrons. The van der Waals surface area contributed by atoms with Crippen LogP contribution in [0.1, 0.15) is 42.5 Å². The van der Waals surface area contributed by atoms with Gasteiger partial charge in [-0.25, -0.2) is 4.98 Å². The number of piperazine rings is 1. The number of amides is 1. The lowest BCUT2D eigenvalue weighted by Gasteiger charge is -2.50. The van der Waals surface area contributed by atoms with Crippen molar-refractivity contribution in [2.45, 2.75) is 37.6 Å². The minimum absolute atomic E-state index is 0.206. The van der Waals surface area contributed by atoms with Gasteiger partial charge in [0.05, 0.1) is 11.1 Å². The molecule has 1 aromatic rings. The van der Waals surface area contributed by atoms with Crippen LogP contribution in [0.5, 0.6) is 0 Å². The molecule has 2 fully saturated rings. The molecular formula is C15H22N4O. The third-order valence-corrected chi connectivity index (χ3v) is 4.63. The third-order valence-electron chi connectivity index (χ3n) is 4.63. The number of nitrogens with one attached hydrogen (secondary N) is 1. The molecule has 0 aromatic carbocycles. The molecule has 1 amide bonds. The molecule has 1 saturated heterocycles. The fourth-order valence-electron chi connectivity index (χ4n) is 3.55. The molecule has 1 spiro atoms. The van der Waals surface area contributed by atoms with Gasteiger partial charge in [-0.15, -0.1) is 0 Å². The fraction of sp³-hybridized carbons (Fsp3) is 0.600. The standard InChI is InChI=1S/C15H22N4O/c16-14(20)12-4-5-13(18-10-12)19-9-8-17-11-15(19)6-2-1-3-7-15/h4-5,10,17H,1-3,6-9,11H2,(H2,16,20). The Bertz CT molecular complexity index is 471. The molecule has 2 heterocycles. The number of hydrogen-bond acceptors (Lipinski definition) is 4. The van der Waals surface area contributed by atoms with E-state index < -0.39 is 5.91 Å². The highest BCUT2D eigenvalue weighted by Gasteiger charge is 2.40. The van der Waals surface area contributed by atoms with E-state index in [1.807, 2.05) is 6.07 Å². The highest BCUT2D eigenvalue weighted by atomic mass is 16.1. The molecule has 3 rings (SSSR count). The predicted molar refractivity (Wildman–Crippen MR) is 78.8 cm³/mol. The van der Waals surface area contributed by atoms with Crippen molar-refractivity contribution in [3.05, 3.63) is 23.9 Å². The number of aromatic nitrogens is 1. The largest absolute Gasteiger partial charge is 0.366 e. The van der Waals surface area contributed by atoms with E-state index in [4.69, 9.17) is 5.73 Å². The first kappa shape index (κ1) is 13.4. The highest BCUT2D eigenvalue weighted by molar-refractivity contribution is 5.92. The van der Waals surface area contributed by atoms with E-state index in [-0.39, 0.29) is 5.54 Å². The summed E-state index contributed by atoms with van der Waals surface area (Å²) in [5.41, 5.74) is 5.96. The van der Waals surface area contributed by atoms with E-state index in [9.17, 15) is 4.79 Å². The maximum atomic E-state index is 11.1. The van der Waals surface area contributed by atoms with Crippen LogP contribution < -0.4 is 16.0 Å². The van der Waals surface area contributed by atoms with Crippen LogP contribution in [0, 0.1) is 0 Å². The Labute approximate surface area is 119 Å². The number of hydrogen-bond donors (Lipinski definition) is 2. The summed E-state index contributed by atoms with van der Waals surface area (Å²) in [5, 5.41) is 3.53. The summed E-state index contributed by atoms with van der Waals surface area (Å²) in [4.78, 5) is 18.1. The Balaban J connectivity index is 1.87. The van der Waals surface area contributed by atoms with E-state index in [1.54, 1.807) is 12.3 Å². The first-order valence-corrected chi connectivity index (χ1v) is 7.46. The number of anilines is 1. The van der Waals surface area contributed by atoms with E-state index in [2.05, 4.69) is 15.2 Å². The van der Waals surface area contributed by atoms with Crippen molar-refractivity contribution in [2.75, 3.05) is 24.5 Å². The zero-order chi connectivity index (χ0) is 14.0. The van der Waals surface area contributed by atoms with Crippen LogP contribution in [-0.4, -0.2) is 36.1 Å². The maximum absolute atomic E-state index is 11.1. The summed E-state index contributed by atoms with van der Waals surface area (Å²) in [6, 6.07) is 3.71. The van der Waals surface area contributed by atoms with Crippen LogP contribution in [-0.2, 0) is 0 Å². The van der Waals surface area contributed by atoms with Crippen LogP contribution in [0.15, 0.2) is 18.3 Å². The molecule has 1 aliphatic heterocycles. The summed E-state index contributed by atoms with van der Waals surface area (Å²) in [7, 11) is 0. The topological polar surface area (TPSA) is 71.2 Å². The molecule has 5 heteroatoms. The molecule has 20 heavy (non-hydrogen) atoms. The van der Waals surface area contributed by atoms with Gasteiger partial charge in [0.15, 0.2) is 0 Å². The van der Waals surface area contributed by atoms with Crippen LogP contribution in [0.25, 0.3) is 0 Å². The minimum atomic E-state index is -0.420. The third kappa shape index (κ3) is 2.38. The predicted octanol–water partition coefficient (Wildman–Crippen LogP) is 1.29. The van der Waals surface area contributed by atoms with E-state index >= 15 is 0 Å². The van der Waals surface area contributed by atoms with Gasteiger partial charge < -0.3 is 16.0 Å². The minimum Gasteiger partial charge on any atom is -0.366 e. The summed E-state index contributed by atoms with van der Waals surface area (Å²) >= 11 is 0. The Hall–Kier alpha value is -1.62. The molecule has 3 N–H and O–H groups in total. The first-order chi connectivity index (χ1) is 9.71. The first-order valence-electron chi connectivity index (χ1n) is 7.46. The summed E-state index contributed by atoms with van der Waals surface area (Å²) in [6.07, 6.45) is 7.95. The second-order valence-electron chi connectivity index (χ2n) is 5.88. The molecule has 1 saturated carbocycles. The highest BCUT2D eigenvalue weighted by Crippen LogP contribution is 2.36. The van der Waals surface area contributed by atoms with Gasteiger partial charge >= 0.3 is 0 Å². The summed E-state index contributed by atoms with van der Waals surface area (Å²) in [6.45, 7) is 3.00. The van der Waals surface area contributed by atoms with Crippen molar-refractivity contribution in [2.24, 2.45) is 5.73 Å². The molecule has 5 nitrogen and oxygen atoms in total. The molecule has 1 aliphatic carbocycles. The second-order valence-corrected chi connectivity index (χ2v) is 5.88. The fourth-order valence-corrected chi connectivity index (χ4v) is 3.55. The maximum Gasteiger partial charge on any atom is 0.250 e. The van der Waals surface area contributed by atoms with Crippen molar-refractivity contribution >= 4 is 11.7 Å². The SMILES string of the molecule is NC(=O)c1ccc(N2CCNCC23CCCCC3)nc1. The quantitative estimate of drug-likeness (QED) is 0.852. The smallest absolute Gasteiger partial charge is 0.250 e. The average molecular weight is 274 g/mol. The summed E-state index contributed by atoms with van der Waals surface area (Å²) < 4.78 is 0. The Morgan fingerprint density at radius 1 is 1.30 bits per heavy atom. The lowest BCUT2D eigenvalue weighted by Crippen LogP contribution is -2.62. The number of rotatable bonds is 2. The molecule has 2 aliphatic rings. The van der Waals surface area contributed by atoms with E-state index in [0.29, 0.717) is 5.56 Å². The molecule has 0 unspecified atom stereocenters. The lowest BCUT2D eigenvalue weighted by molar-refractivity contribution is 0.1000. The Morgan fingerprint density at radius 2 is 2.10 bits per heavy atom. The normalized spacial score (nSPS) is 21.9. The molecule has 108 valence electrons. The second kappa shape index (κ2) is 5.40. The molecular weight excluding hydrogens is 252 g/mol. The van der Waals surface area contributed by atoms with Gasteiger partial charge in [-0.05, 0) is 25.0 Å². The van der Waals surface area contributed by atoms with Gasteiger partial charge in [0.2, 0.25) is 5.91 Å². The van der Waals surface area contributed by atoms with Gasteiger partial charge in [-0.1, -0.05) is 19.3 Å². The number of carbonyl (C=O) groups excluding carboxylic acids is 1. The van der Waals surface area contributed by atoms with Gasteiger partial charge in [0.25, 0.3) is 0 Å². The van der Waals surface area contributed by atoms with Crippen LogP contribution in [0.3, 0.4) is 0 Å². The zero-order valence-electron chi connectivity index (χ0n) is 11.8. The Morgan fingerprint density at radius 3 is 2.75 bits per heavy atom. The van der Waals surface area contributed by atoms with Crippen molar-refractivity contribution in [3.8, 4) is 0 Å². The average Bonchev–Trinajstić information content (AvgIpc) is 2.49. The number of nitrogens with two attached hydrogens (primary N) is 1. The number of carbonyl (C=O) groups is 1. The van der Waals surface area contributed by atoms with E-state index in [0.717, 1.165) is 25.5 Å². The number of pyridine rings is 1. The van der Waals surface area contributed by atoms with E-state index in [1.165, 1.54) is 32.1 Å². The molecule has 0 bridgehead atoms. The van der Waals surface area contributed by atoms with Gasteiger partial charge in [0.1, 0.15) is 5.82 Å². The van der Waals surface area contributed by atoms with Gasteiger partial charge in [0, 0.05) is 25.8 Å². The zero-order valence-corrected chi connectivity index (χ0v) is 11.8. The van der Waals surface area contributed by atoms with Crippen molar-refractivity contribution < 1.29 is 4.79 Å². The number of primary amides is 1. The van der Waals surface area contributed by atoms with Crippen LogP contribution in [0.2, 0.25) is 0 Å². The Kier molecular flexibility index (Phi) is 3.61. The van der Waals surface area contributed by atoms with Gasteiger partial charge in [-0.2, -0.15) is 0 Å².